The summed E-state index contributed by atoms with van der Waals surface area (Å²) in [6.45, 7) is 0. The Hall–Kier alpha value is -2.75. The molecule has 22 heavy (non-hydrogen) atoms. The molecular formula is C18H19NO3. The van der Waals surface area contributed by atoms with Crippen LogP contribution in [0.15, 0.2) is 48.5 Å². The summed E-state index contributed by atoms with van der Waals surface area (Å²) in [4.78, 5) is 14.0. The second-order valence-electron chi connectivity index (χ2n) is 5.05. The summed E-state index contributed by atoms with van der Waals surface area (Å²) >= 11 is 0. The highest BCUT2D eigenvalue weighted by atomic mass is 16.5. The lowest BCUT2D eigenvalue weighted by atomic mass is 10.0. The van der Waals surface area contributed by atoms with Crippen LogP contribution in [-0.4, -0.2) is 37.1 Å². The van der Waals surface area contributed by atoms with Crippen LogP contribution in [0.4, 0.5) is 0 Å². The van der Waals surface area contributed by atoms with Crippen molar-refractivity contribution in [2.75, 3.05) is 21.2 Å². The molecule has 2 rings (SSSR count). The standard InChI is InChI=1S/C18H19NO3/c1-19(2)18(21)15(14-7-5-4-6-8-14)11-13-9-10-16(20)17(12-13)22-3/h4-12,20H,1-3H3/b15-11-. The first-order valence-electron chi connectivity index (χ1n) is 6.88. The van der Waals surface area contributed by atoms with Crippen molar-refractivity contribution in [2.24, 2.45) is 0 Å². The topological polar surface area (TPSA) is 49.8 Å². The van der Waals surface area contributed by atoms with Gasteiger partial charge in [-0.1, -0.05) is 36.4 Å². The highest BCUT2D eigenvalue weighted by Crippen LogP contribution is 2.28. The molecule has 2 aromatic carbocycles. The lowest BCUT2D eigenvalue weighted by Gasteiger charge is -2.14. The van der Waals surface area contributed by atoms with E-state index < -0.39 is 0 Å². The quantitative estimate of drug-likeness (QED) is 0.697. The molecule has 0 fully saturated rings. The lowest BCUT2D eigenvalue weighted by Crippen LogP contribution is -2.22. The van der Waals surface area contributed by atoms with Gasteiger partial charge in [0.2, 0.25) is 0 Å². The number of carbonyl (C=O) groups excluding carboxylic acids is 1. The number of amides is 1. The van der Waals surface area contributed by atoms with Gasteiger partial charge in [-0.15, -0.1) is 0 Å². The Morgan fingerprint density at radius 2 is 1.82 bits per heavy atom. The molecule has 4 nitrogen and oxygen atoms in total. The van der Waals surface area contributed by atoms with Crippen LogP contribution >= 0.6 is 0 Å². The molecule has 0 heterocycles. The number of nitrogens with zero attached hydrogens (tertiary/aromatic N) is 1. The molecule has 0 saturated carbocycles. The van der Waals surface area contributed by atoms with Crippen LogP contribution in [0, 0.1) is 0 Å². The maximum Gasteiger partial charge on any atom is 0.253 e. The van der Waals surface area contributed by atoms with E-state index in [2.05, 4.69) is 0 Å². The summed E-state index contributed by atoms with van der Waals surface area (Å²) in [5, 5.41) is 9.66. The first-order chi connectivity index (χ1) is 10.5. The molecule has 1 N–H and O–H groups in total. The Kier molecular flexibility index (Phi) is 4.84. The fourth-order valence-corrected chi connectivity index (χ4v) is 2.08. The smallest absolute Gasteiger partial charge is 0.253 e. The average Bonchev–Trinajstić information content (AvgIpc) is 2.54. The number of ether oxygens (including phenoxy) is 1. The molecule has 0 aliphatic rings. The second-order valence-corrected chi connectivity index (χ2v) is 5.05. The number of phenols is 1. The van der Waals surface area contributed by atoms with Crippen molar-refractivity contribution in [1.29, 1.82) is 0 Å². The Bertz CT molecular complexity index is 691. The van der Waals surface area contributed by atoms with Gasteiger partial charge in [-0.05, 0) is 29.3 Å². The Morgan fingerprint density at radius 1 is 1.14 bits per heavy atom. The van der Waals surface area contributed by atoms with E-state index in [1.807, 2.05) is 30.3 Å². The van der Waals surface area contributed by atoms with Gasteiger partial charge in [0.25, 0.3) is 5.91 Å². The third-order valence-electron chi connectivity index (χ3n) is 3.24. The summed E-state index contributed by atoms with van der Waals surface area (Å²) < 4.78 is 5.11. The van der Waals surface area contributed by atoms with Crippen molar-refractivity contribution >= 4 is 17.6 Å². The molecular weight excluding hydrogens is 278 g/mol. The SMILES string of the molecule is COc1cc(/C=C(\C(=O)N(C)C)c2ccccc2)ccc1O. The third kappa shape index (κ3) is 3.47. The minimum atomic E-state index is -0.0850. The van der Waals surface area contributed by atoms with E-state index in [-0.39, 0.29) is 11.7 Å². The number of phenolic OH excluding ortho intramolecular Hbond substituents is 1. The van der Waals surface area contributed by atoms with E-state index in [9.17, 15) is 9.90 Å². The van der Waals surface area contributed by atoms with E-state index in [4.69, 9.17) is 4.74 Å². The zero-order chi connectivity index (χ0) is 16.1. The van der Waals surface area contributed by atoms with Gasteiger partial charge in [0.05, 0.1) is 7.11 Å². The number of likely N-dealkylation sites (N-methyl/N-ethyl adjacent to an activating group) is 1. The highest BCUT2D eigenvalue weighted by molar-refractivity contribution is 6.24. The summed E-state index contributed by atoms with van der Waals surface area (Å²) in [7, 11) is 4.93. The normalized spacial score (nSPS) is 11.1. The predicted octanol–water partition coefficient (Wildman–Crippen LogP) is 3.03. The minimum absolute atomic E-state index is 0.0693. The number of aromatic hydroxyl groups is 1. The largest absolute Gasteiger partial charge is 0.504 e. The van der Waals surface area contributed by atoms with E-state index in [1.54, 1.807) is 38.4 Å². The van der Waals surface area contributed by atoms with E-state index >= 15 is 0 Å². The number of rotatable bonds is 4. The Labute approximate surface area is 130 Å². The molecule has 4 heteroatoms. The van der Waals surface area contributed by atoms with Gasteiger partial charge in [-0.2, -0.15) is 0 Å². The van der Waals surface area contributed by atoms with Crippen molar-refractivity contribution in [1.82, 2.24) is 4.90 Å². The van der Waals surface area contributed by atoms with Gasteiger partial charge >= 0.3 is 0 Å². The first-order valence-corrected chi connectivity index (χ1v) is 6.88. The van der Waals surface area contributed by atoms with Crippen molar-refractivity contribution in [2.45, 2.75) is 0 Å². The van der Waals surface area contributed by atoms with E-state index in [0.29, 0.717) is 11.3 Å². The van der Waals surface area contributed by atoms with E-state index in [1.165, 1.54) is 12.0 Å². The van der Waals surface area contributed by atoms with Crippen LogP contribution in [0.3, 0.4) is 0 Å². The van der Waals surface area contributed by atoms with Gasteiger partial charge in [-0.25, -0.2) is 0 Å². The van der Waals surface area contributed by atoms with Crippen LogP contribution in [0.1, 0.15) is 11.1 Å². The molecule has 114 valence electrons. The molecule has 0 atom stereocenters. The van der Waals surface area contributed by atoms with Crippen LogP contribution in [0.2, 0.25) is 0 Å². The van der Waals surface area contributed by atoms with Crippen molar-refractivity contribution in [3.05, 3.63) is 59.7 Å². The van der Waals surface area contributed by atoms with Crippen LogP contribution in [-0.2, 0) is 4.79 Å². The van der Waals surface area contributed by atoms with Gasteiger partial charge in [-0.3, -0.25) is 4.79 Å². The monoisotopic (exact) mass is 297 g/mol. The number of carbonyl (C=O) groups is 1. The Morgan fingerprint density at radius 3 is 2.41 bits per heavy atom. The summed E-state index contributed by atoms with van der Waals surface area (Å²) in [6.07, 6.45) is 1.79. The zero-order valence-corrected chi connectivity index (χ0v) is 12.9. The molecule has 2 aromatic rings. The summed E-state index contributed by atoms with van der Waals surface area (Å²) in [5.41, 5.74) is 2.20. The van der Waals surface area contributed by atoms with Crippen LogP contribution in [0.5, 0.6) is 11.5 Å². The number of methoxy groups -OCH3 is 1. The molecule has 0 aliphatic heterocycles. The highest BCUT2D eigenvalue weighted by Gasteiger charge is 2.14. The fraction of sp³-hybridized carbons (Fsp3) is 0.167. The van der Waals surface area contributed by atoms with Crippen molar-refractivity contribution in [3.8, 4) is 11.5 Å². The third-order valence-corrected chi connectivity index (χ3v) is 3.24. The minimum Gasteiger partial charge on any atom is -0.504 e. The average molecular weight is 297 g/mol. The molecule has 0 aliphatic carbocycles. The fourth-order valence-electron chi connectivity index (χ4n) is 2.08. The molecule has 0 unspecified atom stereocenters. The van der Waals surface area contributed by atoms with Gasteiger partial charge in [0.1, 0.15) is 0 Å². The van der Waals surface area contributed by atoms with Crippen molar-refractivity contribution < 1.29 is 14.6 Å². The molecule has 0 spiro atoms. The van der Waals surface area contributed by atoms with Gasteiger partial charge in [0.15, 0.2) is 11.5 Å². The summed E-state index contributed by atoms with van der Waals surface area (Å²) in [5.74, 6) is 0.358. The van der Waals surface area contributed by atoms with E-state index in [0.717, 1.165) is 11.1 Å². The van der Waals surface area contributed by atoms with Gasteiger partial charge in [0, 0.05) is 19.7 Å². The molecule has 0 aromatic heterocycles. The predicted molar refractivity (Wildman–Crippen MR) is 87.7 cm³/mol. The zero-order valence-electron chi connectivity index (χ0n) is 12.9. The number of hydrogen-bond acceptors (Lipinski definition) is 3. The number of benzene rings is 2. The van der Waals surface area contributed by atoms with Gasteiger partial charge < -0.3 is 14.7 Å². The van der Waals surface area contributed by atoms with Crippen LogP contribution < -0.4 is 4.74 Å². The summed E-state index contributed by atoms with van der Waals surface area (Å²) in [6, 6.07) is 14.5. The molecule has 0 bridgehead atoms. The molecule has 1 amide bonds. The second kappa shape index (κ2) is 6.80. The first kappa shape index (κ1) is 15.6. The van der Waals surface area contributed by atoms with Crippen LogP contribution in [0.25, 0.3) is 11.6 Å². The maximum absolute atomic E-state index is 12.4. The molecule has 0 radical (unpaired) electrons. The molecule has 0 saturated heterocycles. The maximum atomic E-state index is 12.4. The number of hydrogen-bond donors (Lipinski definition) is 1. The lowest BCUT2D eigenvalue weighted by molar-refractivity contribution is -0.122. The Balaban J connectivity index is 2.51. The van der Waals surface area contributed by atoms with Crippen molar-refractivity contribution in [3.63, 3.8) is 0 Å².